The van der Waals surface area contributed by atoms with E-state index in [4.69, 9.17) is 0 Å². The lowest BCUT2D eigenvalue weighted by molar-refractivity contribution is -0.744. The van der Waals surface area contributed by atoms with Gasteiger partial charge in [-0.3, -0.25) is 0 Å². The third-order valence-corrected chi connectivity index (χ3v) is 3.46. The Balaban J connectivity index is 2.24. The average Bonchev–Trinajstić information content (AvgIpc) is 2.86. The summed E-state index contributed by atoms with van der Waals surface area (Å²) in [6.45, 7) is 2.15. The molecule has 0 amide bonds. The van der Waals surface area contributed by atoms with Gasteiger partial charge in [0.2, 0.25) is 0 Å². The van der Waals surface area contributed by atoms with Crippen molar-refractivity contribution >= 4 is 0 Å². The quantitative estimate of drug-likeness (QED) is 0.616. The minimum absolute atomic E-state index is 1.20. The predicted octanol–water partition coefficient (Wildman–Crippen LogP) is 3.28. The lowest BCUT2D eigenvalue weighted by Crippen LogP contribution is -2.36. The largest absolute Gasteiger partial charge is 0.195 e. The Morgan fingerprint density at radius 2 is 1.53 bits per heavy atom. The van der Waals surface area contributed by atoms with E-state index in [2.05, 4.69) is 90.3 Å². The molecule has 2 aromatic carbocycles. The number of para-hydroxylation sites is 1. The third kappa shape index (κ3) is 2.06. The Morgan fingerprint density at radius 3 is 2.21 bits per heavy atom. The molecule has 3 rings (SSSR count). The van der Waals surface area contributed by atoms with E-state index in [0.717, 1.165) is 0 Å². The van der Waals surface area contributed by atoms with Gasteiger partial charge >= 0.3 is 0 Å². The summed E-state index contributed by atoms with van der Waals surface area (Å²) in [5, 5.41) is 0. The number of aromatic nitrogens is 2. The summed E-state index contributed by atoms with van der Waals surface area (Å²) in [5.41, 5.74) is 5.04. The van der Waals surface area contributed by atoms with Crippen molar-refractivity contribution in [3.63, 3.8) is 0 Å². The van der Waals surface area contributed by atoms with E-state index in [0.29, 0.717) is 0 Å². The molecule has 2 nitrogen and oxygen atoms in total. The van der Waals surface area contributed by atoms with Gasteiger partial charge in [0.15, 0.2) is 13.2 Å². The van der Waals surface area contributed by atoms with Crippen molar-refractivity contribution in [3.05, 3.63) is 72.6 Å². The van der Waals surface area contributed by atoms with Crippen molar-refractivity contribution < 1.29 is 4.68 Å². The van der Waals surface area contributed by atoms with Crippen LogP contribution in [-0.4, -0.2) is 4.68 Å². The molecule has 0 saturated heterocycles. The Bertz CT molecular complexity index is 711. The van der Waals surface area contributed by atoms with Crippen LogP contribution in [-0.2, 0) is 7.05 Å². The van der Waals surface area contributed by atoms with Crippen molar-refractivity contribution in [2.24, 2.45) is 7.05 Å². The maximum Gasteiger partial charge on any atom is 0.195 e. The number of hydrogen-bond acceptors (Lipinski definition) is 0. The fourth-order valence-corrected chi connectivity index (χ4v) is 2.45. The van der Waals surface area contributed by atoms with Crippen molar-refractivity contribution in [3.8, 4) is 16.8 Å². The minimum atomic E-state index is 1.20. The highest BCUT2D eigenvalue weighted by atomic mass is 15.4. The van der Waals surface area contributed by atoms with Gasteiger partial charge in [-0.05, 0) is 24.1 Å². The molecule has 1 heterocycles. The molecule has 0 radical (unpaired) electrons. The standard InChI is InChI=1S/C17H17N2/c1-14-8-3-4-9-15(14)16-10-5-6-11-17(16)19-13-7-12-18(19)2/h3-13H,1-2H3/q+1. The van der Waals surface area contributed by atoms with Crippen LogP contribution in [0.4, 0.5) is 0 Å². The van der Waals surface area contributed by atoms with Gasteiger partial charge in [0.05, 0.1) is 6.20 Å². The van der Waals surface area contributed by atoms with Gasteiger partial charge in [0.25, 0.3) is 0 Å². The fourth-order valence-electron chi connectivity index (χ4n) is 2.45. The van der Waals surface area contributed by atoms with Gasteiger partial charge in [-0.25, -0.2) is 0 Å². The molecule has 0 saturated carbocycles. The van der Waals surface area contributed by atoms with Crippen LogP contribution in [0.15, 0.2) is 67.0 Å². The van der Waals surface area contributed by atoms with Crippen LogP contribution in [0.2, 0.25) is 0 Å². The molecule has 0 spiro atoms. The molecule has 2 heteroatoms. The number of aryl methyl sites for hydroxylation is 2. The second-order valence-corrected chi connectivity index (χ2v) is 4.74. The molecule has 0 unspecified atom stereocenters. The molecule has 0 fully saturated rings. The monoisotopic (exact) mass is 249 g/mol. The van der Waals surface area contributed by atoms with E-state index in [-0.39, 0.29) is 0 Å². The molecule has 19 heavy (non-hydrogen) atoms. The second-order valence-electron chi connectivity index (χ2n) is 4.74. The highest BCUT2D eigenvalue weighted by Gasteiger charge is 2.12. The number of hydrogen-bond donors (Lipinski definition) is 0. The molecular formula is C17H17N2+. The van der Waals surface area contributed by atoms with E-state index in [1.807, 2.05) is 0 Å². The van der Waals surface area contributed by atoms with Gasteiger partial charge in [0.1, 0.15) is 5.69 Å². The van der Waals surface area contributed by atoms with E-state index in [9.17, 15) is 0 Å². The predicted molar refractivity (Wildman–Crippen MR) is 77.1 cm³/mol. The number of benzene rings is 2. The summed E-state index contributed by atoms with van der Waals surface area (Å²) in [5.74, 6) is 0. The number of rotatable bonds is 2. The van der Waals surface area contributed by atoms with Crippen LogP contribution in [0.25, 0.3) is 16.8 Å². The molecule has 94 valence electrons. The minimum Gasteiger partial charge on any atom is -0.128 e. The Labute approximate surface area is 113 Å². The summed E-state index contributed by atoms with van der Waals surface area (Å²) < 4.78 is 4.23. The first-order chi connectivity index (χ1) is 9.27. The first kappa shape index (κ1) is 11.7. The van der Waals surface area contributed by atoms with Crippen LogP contribution < -0.4 is 4.68 Å². The maximum absolute atomic E-state index is 2.18. The molecule has 0 atom stereocenters. The zero-order chi connectivity index (χ0) is 13.2. The van der Waals surface area contributed by atoms with Crippen molar-refractivity contribution in [2.45, 2.75) is 6.92 Å². The Hall–Kier alpha value is -2.35. The van der Waals surface area contributed by atoms with Crippen molar-refractivity contribution in [2.75, 3.05) is 0 Å². The second kappa shape index (κ2) is 4.73. The first-order valence-electron chi connectivity index (χ1n) is 6.46. The maximum atomic E-state index is 2.18. The lowest BCUT2D eigenvalue weighted by atomic mass is 9.99. The number of nitrogens with zero attached hydrogens (tertiary/aromatic N) is 2. The molecule has 0 aliphatic heterocycles. The van der Waals surface area contributed by atoms with Crippen LogP contribution in [0.3, 0.4) is 0 Å². The van der Waals surface area contributed by atoms with Crippen LogP contribution in [0.1, 0.15) is 5.56 Å². The van der Waals surface area contributed by atoms with Gasteiger partial charge in [0, 0.05) is 11.6 Å². The highest BCUT2D eigenvalue weighted by molar-refractivity contribution is 5.75. The normalized spacial score (nSPS) is 10.6. The summed E-state index contributed by atoms with van der Waals surface area (Å²) in [7, 11) is 2.05. The Kier molecular flexibility index (Phi) is 2.92. The van der Waals surface area contributed by atoms with E-state index in [1.165, 1.54) is 22.4 Å². The smallest absolute Gasteiger partial charge is 0.128 e. The molecule has 0 aliphatic rings. The summed E-state index contributed by atoms with van der Waals surface area (Å²) in [4.78, 5) is 0. The highest BCUT2D eigenvalue weighted by Crippen LogP contribution is 2.28. The summed E-state index contributed by atoms with van der Waals surface area (Å²) in [6, 6.07) is 19.1. The molecule has 1 aromatic heterocycles. The molecule has 0 aliphatic carbocycles. The Morgan fingerprint density at radius 1 is 0.842 bits per heavy atom. The van der Waals surface area contributed by atoms with E-state index >= 15 is 0 Å². The first-order valence-corrected chi connectivity index (χ1v) is 6.46. The van der Waals surface area contributed by atoms with Gasteiger partial charge in [-0.2, -0.15) is 0 Å². The van der Waals surface area contributed by atoms with Gasteiger partial charge in [-0.1, -0.05) is 42.5 Å². The van der Waals surface area contributed by atoms with E-state index in [1.54, 1.807) is 0 Å². The molecule has 3 aromatic rings. The van der Waals surface area contributed by atoms with Crippen molar-refractivity contribution in [1.29, 1.82) is 0 Å². The zero-order valence-corrected chi connectivity index (χ0v) is 11.2. The topological polar surface area (TPSA) is 8.81 Å². The van der Waals surface area contributed by atoms with Gasteiger partial charge < -0.3 is 0 Å². The average molecular weight is 249 g/mol. The molecular weight excluding hydrogens is 232 g/mol. The van der Waals surface area contributed by atoms with Crippen molar-refractivity contribution in [1.82, 2.24) is 4.68 Å². The molecule has 0 bridgehead atoms. The third-order valence-electron chi connectivity index (χ3n) is 3.46. The summed E-state index contributed by atoms with van der Waals surface area (Å²) >= 11 is 0. The van der Waals surface area contributed by atoms with Crippen LogP contribution in [0.5, 0.6) is 0 Å². The van der Waals surface area contributed by atoms with E-state index < -0.39 is 0 Å². The zero-order valence-electron chi connectivity index (χ0n) is 11.2. The van der Waals surface area contributed by atoms with Crippen LogP contribution >= 0.6 is 0 Å². The van der Waals surface area contributed by atoms with Gasteiger partial charge in [-0.15, -0.1) is 9.36 Å². The fraction of sp³-hybridized carbons (Fsp3) is 0.118. The molecule has 0 N–H and O–H groups in total. The summed E-state index contributed by atoms with van der Waals surface area (Å²) in [6.07, 6.45) is 4.13. The SMILES string of the molecule is Cc1ccccc1-c1ccccc1-n1ccc[n+]1C. The lowest BCUT2D eigenvalue weighted by Gasteiger charge is -2.10. The van der Waals surface area contributed by atoms with Crippen LogP contribution in [0, 0.1) is 6.92 Å².